The summed E-state index contributed by atoms with van der Waals surface area (Å²) in [5.74, 6) is 1.90. The van der Waals surface area contributed by atoms with Gasteiger partial charge in [-0.25, -0.2) is 0 Å². The monoisotopic (exact) mass is 261 g/mol. The third-order valence-electron chi connectivity index (χ3n) is 3.96. The SMILES string of the molecule is CCCNCc1cc(C)c(OCC2CCC2)c(C)c1. The van der Waals surface area contributed by atoms with Gasteiger partial charge in [-0.15, -0.1) is 0 Å². The maximum absolute atomic E-state index is 6.03. The Kier molecular flexibility index (Phi) is 5.26. The Labute approximate surface area is 117 Å². The smallest absolute Gasteiger partial charge is 0.125 e. The molecule has 1 aliphatic carbocycles. The summed E-state index contributed by atoms with van der Waals surface area (Å²) >= 11 is 0. The molecule has 1 saturated carbocycles. The minimum Gasteiger partial charge on any atom is -0.493 e. The molecule has 106 valence electrons. The Hall–Kier alpha value is -1.02. The van der Waals surface area contributed by atoms with Gasteiger partial charge in [-0.1, -0.05) is 25.5 Å². The van der Waals surface area contributed by atoms with E-state index in [4.69, 9.17) is 4.74 Å². The number of hydrogen-bond acceptors (Lipinski definition) is 2. The average Bonchev–Trinajstić information content (AvgIpc) is 2.31. The van der Waals surface area contributed by atoms with Gasteiger partial charge >= 0.3 is 0 Å². The van der Waals surface area contributed by atoms with Crippen LogP contribution in [0.5, 0.6) is 5.75 Å². The van der Waals surface area contributed by atoms with Gasteiger partial charge in [0, 0.05) is 6.54 Å². The van der Waals surface area contributed by atoms with E-state index in [0.717, 1.165) is 31.4 Å². The third kappa shape index (κ3) is 3.97. The molecule has 2 rings (SSSR count). The molecule has 0 amide bonds. The highest BCUT2D eigenvalue weighted by Crippen LogP contribution is 2.30. The fraction of sp³-hybridized carbons (Fsp3) is 0.647. The highest BCUT2D eigenvalue weighted by Gasteiger charge is 2.18. The molecule has 0 saturated heterocycles. The number of rotatable bonds is 7. The Balaban J connectivity index is 1.95. The predicted octanol–water partition coefficient (Wildman–Crippen LogP) is 3.98. The number of nitrogens with one attached hydrogen (secondary N) is 1. The molecule has 0 spiro atoms. The summed E-state index contributed by atoms with van der Waals surface area (Å²) in [6.07, 6.45) is 5.25. The number of benzene rings is 1. The standard InChI is InChI=1S/C17H27NO/c1-4-8-18-11-16-9-13(2)17(14(3)10-16)19-12-15-6-5-7-15/h9-10,15,18H,4-8,11-12H2,1-3H3. The van der Waals surface area contributed by atoms with Gasteiger partial charge in [0.1, 0.15) is 5.75 Å². The van der Waals surface area contributed by atoms with Crippen LogP contribution in [0.2, 0.25) is 0 Å². The summed E-state index contributed by atoms with van der Waals surface area (Å²) in [6, 6.07) is 4.51. The van der Waals surface area contributed by atoms with E-state index < -0.39 is 0 Å². The van der Waals surface area contributed by atoms with E-state index in [0.29, 0.717) is 0 Å². The van der Waals surface area contributed by atoms with E-state index >= 15 is 0 Å². The van der Waals surface area contributed by atoms with Crippen LogP contribution in [-0.2, 0) is 6.54 Å². The molecule has 0 heterocycles. The first kappa shape index (κ1) is 14.4. The lowest BCUT2D eigenvalue weighted by atomic mass is 9.86. The first-order chi connectivity index (χ1) is 9.20. The lowest BCUT2D eigenvalue weighted by Crippen LogP contribution is -2.20. The summed E-state index contributed by atoms with van der Waals surface area (Å²) in [5.41, 5.74) is 3.90. The van der Waals surface area contributed by atoms with Crippen molar-refractivity contribution in [3.63, 3.8) is 0 Å². The molecule has 1 aromatic carbocycles. The molecule has 1 aliphatic rings. The van der Waals surface area contributed by atoms with Crippen molar-refractivity contribution in [2.45, 2.75) is 53.0 Å². The van der Waals surface area contributed by atoms with Crippen LogP contribution in [0.15, 0.2) is 12.1 Å². The minimum atomic E-state index is 0.796. The van der Waals surface area contributed by atoms with Crippen molar-refractivity contribution in [2.75, 3.05) is 13.2 Å². The maximum Gasteiger partial charge on any atom is 0.125 e. The van der Waals surface area contributed by atoms with Crippen LogP contribution in [0.4, 0.5) is 0 Å². The van der Waals surface area contributed by atoms with Crippen molar-refractivity contribution in [1.29, 1.82) is 0 Å². The normalized spacial score (nSPS) is 15.3. The second-order valence-electron chi connectivity index (χ2n) is 5.84. The second kappa shape index (κ2) is 6.95. The fourth-order valence-corrected chi connectivity index (χ4v) is 2.64. The third-order valence-corrected chi connectivity index (χ3v) is 3.96. The summed E-state index contributed by atoms with van der Waals surface area (Å²) in [7, 11) is 0. The summed E-state index contributed by atoms with van der Waals surface area (Å²) in [6.45, 7) is 9.45. The molecular weight excluding hydrogens is 234 g/mol. The predicted molar refractivity (Wildman–Crippen MR) is 80.7 cm³/mol. The molecule has 0 unspecified atom stereocenters. The average molecular weight is 261 g/mol. The maximum atomic E-state index is 6.03. The lowest BCUT2D eigenvalue weighted by molar-refractivity contribution is 0.179. The van der Waals surface area contributed by atoms with Gasteiger partial charge in [0.15, 0.2) is 0 Å². The number of aryl methyl sites for hydroxylation is 2. The molecule has 0 aliphatic heterocycles. The first-order valence-corrected chi connectivity index (χ1v) is 7.64. The molecule has 19 heavy (non-hydrogen) atoms. The molecule has 0 bridgehead atoms. The zero-order valence-corrected chi connectivity index (χ0v) is 12.6. The van der Waals surface area contributed by atoms with E-state index in [1.165, 1.54) is 42.4 Å². The van der Waals surface area contributed by atoms with Crippen LogP contribution < -0.4 is 10.1 Å². The van der Waals surface area contributed by atoms with E-state index in [2.05, 4.69) is 38.2 Å². The quantitative estimate of drug-likeness (QED) is 0.750. The summed E-state index contributed by atoms with van der Waals surface area (Å²) in [5, 5.41) is 3.45. The zero-order chi connectivity index (χ0) is 13.7. The number of hydrogen-bond donors (Lipinski definition) is 1. The molecule has 0 radical (unpaired) electrons. The second-order valence-corrected chi connectivity index (χ2v) is 5.84. The van der Waals surface area contributed by atoms with Crippen LogP contribution in [0.25, 0.3) is 0 Å². The summed E-state index contributed by atoms with van der Waals surface area (Å²) < 4.78 is 6.03. The van der Waals surface area contributed by atoms with E-state index in [-0.39, 0.29) is 0 Å². The van der Waals surface area contributed by atoms with Crippen molar-refractivity contribution >= 4 is 0 Å². The van der Waals surface area contributed by atoms with Gasteiger partial charge in [0.2, 0.25) is 0 Å². The molecule has 0 aromatic heterocycles. The molecular formula is C17H27NO. The highest BCUT2D eigenvalue weighted by atomic mass is 16.5. The van der Waals surface area contributed by atoms with Crippen LogP contribution >= 0.6 is 0 Å². The van der Waals surface area contributed by atoms with Gasteiger partial charge in [-0.3, -0.25) is 0 Å². The first-order valence-electron chi connectivity index (χ1n) is 7.64. The van der Waals surface area contributed by atoms with Crippen LogP contribution in [0.3, 0.4) is 0 Å². The van der Waals surface area contributed by atoms with Crippen molar-refractivity contribution < 1.29 is 4.74 Å². The van der Waals surface area contributed by atoms with Crippen molar-refractivity contribution in [1.82, 2.24) is 5.32 Å². The molecule has 1 fully saturated rings. The Morgan fingerprint density at radius 3 is 2.42 bits per heavy atom. The highest BCUT2D eigenvalue weighted by molar-refractivity contribution is 5.43. The van der Waals surface area contributed by atoms with Gasteiger partial charge < -0.3 is 10.1 Å². The Morgan fingerprint density at radius 2 is 1.89 bits per heavy atom. The van der Waals surface area contributed by atoms with E-state index in [9.17, 15) is 0 Å². The molecule has 0 atom stereocenters. The largest absolute Gasteiger partial charge is 0.493 e. The van der Waals surface area contributed by atoms with Gasteiger partial charge in [-0.2, -0.15) is 0 Å². The lowest BCUT2D eigenvalue weighted by Gasteiger charge is -2.26. The van der Waals surface area contributed by atoms with Gasteiger partial charge in [0.05, 0.1) is 6.61 Å². The molecule has 1 aromatic rings. The van der Waals surface area contributed by atoms with E-state index in [1.807, 2.05) is 0 Å². The number of ether oxygens (including phenoxy) is 1. The van der Waals surface area contributed by atoms with Crippen LogP contribution in [-0.4, -0.2) is 13.2 Å². The van der Waals surface area contributed by atoms with Gasteiger partial charge in [0.25, 0.3) is 0 Å². The molecule has 2 heteroatoms. The fourth-order valence-electron chi connectivity index (χ4n) is 2.64. The van der Waals surface area contributed by atoms with Crippen LogP contribution in [0.1, 0.15) is 49.3 Å². The summed E-state index contributed by atoms with van der Waals surface area (Å²) in [4.78, 5) is 0. The zero-order valence-electron chi connectivity index (χ0n) is 12.6. The van der Waals surface area contributed by atoms with Crippen molar-refractivity contribution in [3.8, 4) is 5.75 Å². The van der Waals surface area contributed by atoms with Crippen molar-refractivity contribution in [3.05, 3.63) is 28.8 Å². The van der Waals surface area contributed by atoms with Gasteiger partial charge in [-0.05, 0) is 62.3 Å². The molecule has 1 N–H and O–H groups in total. The van der Waals surface area contributed by atoms with Crippen LogP contribution in [0, 0.1) is 19.8 Å². The Morgan fingerprint density at radius 1 is 1.21 bits per heavy atom. The molecule has 2 nitrogen and oxygen atoms in total. The minimum absolute atomic E-state index is 0.796. The topological polar surface area (TPSA) is 21.3 Å². The van der Waals surface area contributed by atoms with E-state index in [1.54, 1.807) is 0 Å². The Bertz CT molecular complexity index is 387. The van der Waals surface area contributed by atoms with Crippen molar-refractivity contribution in [2.24, 2.45) is 5.92 Å².